The van der Waals surface area contributed by atoms with Gasteiger partial charge in [0, 0.05) is 6.54 Å². The molecule has 0 bridgehead atoms. The fourth-order valence-corrected chi connectivity index (χ4v) is 1.84. The molecule has 82 valence electrons. The van der Waals surface area contributed by atoms with Gasteiger partial charge in [-0.25, -0.2) is 0 Å². The molecule has 0 radical (unpaired) electrons. The predicted octanol–water partition coefficient (Wildman–Crippen LogP) is -1.35. The number of primary amides is 1. The number of hydrogen-bond acceptors (Lipinski definition) is 4. The molecule has 0 aromatic carbocycles. The molecule has 1 rings (SSSR count). The van der Waals surface area contributed by atoms with Crippen molar-refractivity contribution in [2.45, 2.75) is 31.3 Å². The number of amides is 1. The van der Waals surface area contributed by atoms with E-state index in [-0.39, 0.29) is 18.6 Å². The number of nitrogens with zero attached hydrogens (tertiary/aromatic N) is 1. The summed E-state index contributed by atoms with van der Waals surface area (Å²) in [5, 5.41) is 9.12. The van der Waals surface area contributed by atoms with Gasteiger partial charge in [0.25, 0.3) is 0 Å². The van der Waals surface area contributed by atoms with Crippen molar-refractivity contribution in [1.82, 2.24) is 4.90 Å². The van der Waals surface area contributed by atoms with E-state index in [9.17, 15) is 4.79 Å². The molecular weight excluding hydrogens is 182 g/mol. The van der Waals surface area contributed by atoms with Gasteiger partial charge in [0.05, 0.1) is 18.2 Å². The molecule has 0 aliphatic carbocycles. The van der Waals surface area contributed by atoms with E-state index in [1.54, 1.807) is 6.92 Å². The second-order valence-electron chi connectivity index (χ2n) is 4.17. The van der Waals surface area contributed by atoms with Crippen LogP contribution in [0.15, 0.2) is 0 Å². The van der Waals surface area contributed by atoms with Crippen LogP contribution in [0.25, 0.3) is 0 Å². The maximum Gasteiger partial charge on any atom is 0.234 e. The van der Waals surface area contributed by atoms with Gasteiger partial charge in [-0.1, -0.05) is 0 Å². The van der Waals surface area contributed by atoms with Crippen molar-refractivity contribution in [2.24, 2.45) is 11.5 Å². The number of likely N-dealkylation sites (tertiary alicyclic amines) is 1. The summed E-state index contributed by atoms with van der Waals surface area (Å²) in [5.74, 6) is -0.341. The number of nitrogens with two attached hydrogens (primary N) is 2. The molecule has 1 aliphatic rings. The topological polar surface area (TPSA) is 92.6 Å². The number of carbonyl (C=O) groups is 1. The standard InChI is InChI=1S/C9H19N3O2/c1-7(8(10)14)12-4-2-3-9(11,5-12)6-13/h7,13H,2-6,11H2,1H3,(H2,10,14). The Morgan fingerprint density at radius 2 is 2.36 bits per heavy atom. The highest BCUT2D eigenvalue weighted by atomic mass is 16.3. The first kappa shape index (κ1) is 11.4. The quantitative estimate of drug-likeness (QED) is 0.526. The summed E-state index contributed by atoms with van der Waals surface area (Å²) in [4.78, 5) is 12.9. The molecule has 0 aromatic rings. The molecular formula is C9H19N3O2. The third-order valence-corrected chi connectivity index (χ3v) is 2.91. The van der Waals surface area contributed by atoms with Crippen molar-refractivity contribution in [3.8, 4) is 0 Å². The largest absolute Gasteiger partial charge is 0.394 e. The Hall–Kier alpha value is -0.650. The van der Waals surface area contributed by atoms with E-state index in [2.05, 4.69) is 0 Å². The van der Waals surface area contributed by atoms with Gasteiger partial charge in [0.2, 0.25) is 5.91 Å². The summed E-state index contributed by atoms with van der Waals surface area (Å²) in [6, 6.07) is -0.301. The van der Waals surface area contributed by atoms with Crippen LogP contribution in [-0.4, -0.2) is 47.2 Å². The first-order chi connectivity index (χ1) is 6.48. The third kappa shape index (κ3) is 2.43. The highest BCUT2D eigenvalue weighted by Crippen LogP contribution is 2.19. The summed E-state index contributed by atoms with van der Waals surface area (Å²) in [7, 11) is 0. The zero-order chi connectivity index (χ0) is 10.8. The van der Waals surface area contributed by atoms with E-state index in [4.69, 9.17) is 16.6 Å². The van der Waals surface area contributed by atoms with E-state index in [1.165, 1.54) is 0 Å². The first-order valence-corrected chi connectivity index (χ1v) is 4.92. The molecule has 0 spiro atoms. The van der Waals surface area contributed by atoms with Gasteiger partial charge in [-0.3, -0.25) is 9.69 Å². The smallest absolute Gasteiger partial charge is 0.234 e. The number of carbonyl (C=O) groups excluding carboxylic acids is 1. The minimum Gasteiger partial charge on any atom is -0.394 e. The van der Waals surface area contributed by atoms with Crippen LogP contribution >= 0.6 is 0 Å². The molecule has 1 aliphatic heterocycles. The monoisotopic (exact) mass is 201 g/mol. The maximum absolute atomic E-state index is 11.0. The van der Waals surface area contributed by atoms with Gasteiger partial charge >= 0.3 is 0 Å². The minimum atomic E-state index is -0.567. The first-order valence-electron chi connectivity index (χ1n) is 4.92. The Labute approximate surface area is 84.0 Å². The van der Waals surface area contributed by atoms with E-state index in [1.807, 2.05) is 4.90 Å². The van der Waals surface area contributed by atoms with Gasteiger partial charge in [0.15, 0.2) is 0 Å². The van der Waals surface area contributed by atoms with E-state index < -0.39 is 5.54 Å². The average Bonchev–Trinajstić information content (AvgIpc) is 2.16. The summed E-state index contributed by atoms with van der Waals surface area (Å²) < 4.78 is 0. The molecule has 5 N–H and O–H groups in total. The second-order valence-corrected chi connectivity index (χ2v) is 4.17. The summed E-state index contributed by atoms with van der Waals surface area (Å²) >= 11 is 0. The van der Waals surface area contributed by atoms with Crippen molar-refractivity contribution in [3.05, 3.63) is 0 Å². The van der Waals surface area contributed by atoms with Crippen LogP contribution in [0.4, 0.5) is 0 Å². The Morgan fingerprint density at radius 1 is 1.71 bits per heavy atom. The Morgan fingerprint density at radius 3 is 2.86 bits per heavy atom. The normalized spacial score (nSPS) is 31.4. The number of aliphatic hydroxyl groups excluding tert-OH is 1. The van der Waals surface area contributed by atoms with Crippen LogP contribution in [0.2, 0.25) is 0 Å². The van der Waals surface area contributed by atoms with Crippen LogP contribution in [0.3, 0.4) is 0 Å². The minimum absolute atomic E-state index is 0.0466. The van der Waals surface area contributed by atoms with E-state index >= 15 is 0 Å². The molecule has 14 heavy (non-hydrogen) atoms. The maximum atomic E-state index is 11.0. The molecule has 2 atom stereocenters. The lowest BCUT2D eigenvalue weighted by molar-refractivity contribution is -0.123. The van der Waals surface area contributed by atoms with Crippen LogP contribution in [-0.2, 0) is 4.79 Å². The number of rotatable bonds is 3. The van der Waals surface area contributed by atoms with Gasteiger partial charge in [0.1, 0.15) is 0 Å². The predicted molar refractivity (Wildman–Crippen MR) is 53.5 cm³/mol. The van der Waals surface area contributed by atoms with Crippen LogP contribution in [0.5, 0.6) is 0 Å². The molecule has 1 heterocycles. The highest BCUT2D eigenvalue weighted by Gasteiger charge is 2.34. The molecule has 0 saturated carbocycles. The van der Waals surface area contributed by atoms with Gasteiger partial charge in [-0.05, 0) is 26.3 Å². The number of piperidine rings is 1. The highest BCUT2D eigenvalue weighted by molar-refractivity contribution is 5.79. The molecule has 1 saturated heterocycles. The summed E-state index contributed by atoms with van der Waals surface area (Å²) in [6.07, 6.45) is 1.69. The molecule has 1 fully saturated rings. The molecule has 5 heteroatoms. The van der Waals surface area contributed by atoms with Crippen molar-refractivity contribution < 1.29 is 9.90 Å². The van der Waals surface area contributed by atoms with Crippen molar-refractivity contribution in [3.63, 3.8) is 0 Å². The van der Waals surface area contributed by atoms with Crippen molar-refractivity contribution in [2.75, 3.05) is 19.7 Å². The molecule has 5 nitrogen and oxygen atoms in total. The Kier molecular flexibility index (Phi) is 3.47. The number of hydrogen-bond donors (Lipinski definition) is 3. The molecule has 0 aromatic heterocycles. The molecule has 2 unspecified atom stereocenters. The van der Waals surface area contributed by atoms with Crippen LogP contribution in [0, 0.1) is 0 Å². The Balaban J connectivity index is 2.60. The lowest BCUT2D eigenvalue weighted by Gasteiger charge is -2.41. The fourth-order valence-electron chi connectivity index (χ4n) is 1.84. The zero-order valence-corrected chi connectivity index (χ0v) is 8.57. The lowest BCUT2D eigenvalue weighted by atomic mass is 9.90. The van der Waals surface area contributed by atoms with Crippen molar-refractivity contribution in [1.29, 1.82) is 0 Å². The van der Waals surface area contributed by atoms with Crippen LogP contribution in [0.1, 0.15) is 19.8 Å². The zero-order valence-electron chi connectivity index (χ0n) is 8.57. The lowest BCUT2D eigenvalue weighted by Crippen LogP contribution is -2.60. The SMILES string of the molecule is CC(C(N)=O)N1CCCC(N)(CO)C1. The molecule has 1 amide bonds. The second kappa shape index (κ2) is 4.25. The van der Waals surface area contributed by atoms with E-state index in [0.717, 1.165) is 19.4 Å². The van der Waals surface area contributed by atoms with Crippen LogP contribution < -0.4 is 11.5 Å². The third-order valence-electron chi connectivity index (χ3n) is 2.91. The van der Waals surface area contributed by atoms with Gasteiger partial charge < -0.3 is 16.6 Å². The summed E-state index contributed by atoms with van der Waals surface area (Å²) in [5.41, 5.74) is 10.6. The Bertz CT molecular complexity index is 222. The van der Waals surface area contributed by atoms with Crippen molar-refractivity contribution >= 4 is 5.91 Å². The van der Waals surface area contributed by atoms with E-state index in [0.29, 0.717) is 6.54 Å². The fraction of sp³-hybridized carbons (Fsp3) is 0.889. The number of aliphatic hydroxyl groups is 1. The summed E-state index contributed by atoms with van der Waals surface area (Å²) in [6.45, 7) is 3.08. The van der Waals surface area contributed by atoms with Gasteiger partial charge in [-0.2, -0.15) is 0 Å². The average molecular weight is 201 g/mol. The van der Waals surface area contributed by atoms with Gasteiger partial charge in [-0.15, -0.1) is 0 Å².